The normalized spacial score (nSPS) is 32.1. The molecule has 0 aromatic heterocycles. The molecule has 0 bridgehead atoms. The zero-order chi connectivity index (χ0) is 7.68. The van der Waals surface area contributed by atoms with Crippen molar-refractivity contribution in [3.8, 4) is 6.07 Å². The lowest BCUT2D eigenvalue weighted by Gasteiger charge is -2.13. The summed E-state index contributed by atoms with van der Waals surface area (Å²) in [5.41, 5.74) is 0.651. The largest absolute Gasteiger partial charge is 0.370 e. The summed E-state index contributed by atoms with van der Waals surface area (Å²) in [5.74, 6) is 0.273. The fourth-order valence-electron chi connectivity index (χ4n) is 1.29. The molecule has 0 spiro atoms. The van der Waals surface area contributed by atoms with Gasteiger partial charge in [-0.15, -0.1) is 0 Å². The van der Waals surface area contributed by atoms with Crippen LogP contribution in [0.4, 0.5) is 0 Å². The first-order valence-corrected chi connectivity index (χ1v) is 3.48. The van der Waals surface area contributed by atoms with Crippen molar-refractivity contribution in [1.29, 1.82) is 5.26 Å². The lowest BCUT2D eigenvalue weighted by molar-refractivity contribution is 0.673. The van der Waals surface area contributed by atoms with E-state index in [-0.39, 0.29) is 12.0 Å². The molecule has 2 heterocycles. The van der Waals surface area contributed by atoms with Crippen LogP contribution in [0.2, 0.25) is 0 Å². The second-order valence-corrected chi connectivity index (χ2v) is 2.58. The Bertz CT molecular complexity index is 293. The van der Waals surface area contributed by atoms with Crippen LogP contribution in [0.1, 0.15) is 0 Å². The third kappa shape index (κ3) is 0.926. The molecule has 1 N–H and O–H groups in total. The summed E-state index contributed by atoms with van der Waals surface area (Å²) in [7, 11) is 0. The van der Waals surface area contributed by atoms with Crippen molar-refractivity contribution in [2.45, 2.75) is 6.04 Å². The lowest BCUT2D eigenvalue weighted by Crippen LogP contribution is -2.27. The van der Waals surface area contributed by atoms with E-state index in [0.29, 0.717) is 5.70 Å². The summed E-state index contributed by atoms with van der Waals surface area (Å²) < 4.78 is 0. The molecule has 0 aromatic rings. The van der Waals surface area contributed by atoms with Gasteiger partial charge in [0.15, 0.2) is 0 Å². The van der Waals surface area contributed by atoms with Crippen LogP contribution < -0.4 is 5.32 Å². The Labute approximate surface area is 64.7 Å². The Hall–Kier alpha value is -1.56. The first kappa shape index (κ1) is 6.17. The second-order valence-electron chi connectivity index (χ2n) is 2.58. The number of fused-ring (bicyclic) bond motifs is 1. The van der Waals surface area contributed by atoms with E-state index in [1.54, 1.807) is 6.20 Å². The minimum absolute atomic E-state index is 0.252. The van der Waals surface area contributed by atoms with Gasteiger partial charge in [-0.25, -0.2) is 0 Å². The molecule has 54 valence electrons. The minimum Gasteiger partial charge on any atom is -0.370 e. The molecule has 0 saturated carbocycles. The number of nitrogens with one attached hydrogen (secondary N) is 1. The highest BCUT2D eigenvalue weighted by molar-refractivity contribution is 5.69. The SMILES string of the molecule is N#CC1=CC2C=NC=CC2N1. The quantitative estimate of drug-likeness (QED) is 0.542. The summed E-state index contributed by atoms with van der Waals surface area (Å²) in [6, 6.07) is 2.33. The van der Waals surface area contributed by atoms with Gasteiger partial charge in [0.25, 0.3) is 0 Å². The number of rotatable bonds is 0. The summed E-state index contributed by atoms with van der Waals surface area (Å²) in [6.07, 6.45) is 7.47. The predicted molar refractivity (Wildman–Crippen MR) is 41.7 cm³/mol. The van der Waals surface area contributed by atoms with Crippen LogP contribution >= 0.6 is 0 Å². The highest BCUT2D eigenvalue weighted by Gasteiger charge is 2.24. The fourth-order valence-corrected chi connectivity index (χ4v) is 1.29. The number of nitrogens with zero attached hydrogens (tertiary/aromatic N) is 2. The van der Waals surface area contributed by atoms with E-state index < -0.39 is 0 Å². The highest BCUT2D eigenvalue weighted by atomic mass is 15.0. The standard InChI is InChI=1S/C8H7N3/c9-4-7-3-6-5-10-2-1-8(6)11-7/h1-3,5-6,8,11H. The maximum absolute atomic E-state index is 8.56. The summed E-state index contributed by atoms with van der Waals surface area (Å²) in [5, 5.41) is 11.6. The average Bonchev–Trinajstić information content (AvgIpc) is 2.46. The Morgan fingerprint density at radius 1 is 1.64 bits per heavy atom. The van der Waals surface area contributed by atoms with Gasteiger partial charge in [0.05, 0.1) is 6.04 Å². The number of aliphatic imine (C=N–C) groups is 1. The third-order valence-electron chi connectivity index (χ3n) is 1.85. The number of allylic oxidation sites excluding steroid dienone is 1. The Kier molecular flexibility index (Phi) is 1.26. The van der Waals surface area contributed by atoms with E-state index in [4.69, 9.17) is 5.26 Å². The molecular formula is C8H7N3. The van der Waals surface area contributed by atoms with Crippen LogP contribution in [-0.2, 0) is 0 Å². The first-order valence-electron chi connectivity index (χ1n) is 3.48. The van der Waals surface area contributed by atoms with Crippen molar-refractivity contribution in [1.82, 2.24) is 5.32 Å². The van der Waals surface area contributed by atoms with Crippen molar-refractivity contribution < 1.29 is 0 Å². The molecule has 0 amide bonds. The Balaban J connectivity index is 2.24. The van der Waals surface area contributed by atoms with Gasteiger partial charge >= 0.3 is 0 Å². The highest BCUT2D eigenvalue weighted by Crippen LogP contribution is 2.18. The van der Waals surface area contributed by atoms with Gasteiger partial charge in [0, 0.05) is 18.3 Å². The monoisotopic (exact) mass is 145 g/mol. The summed E-state index contributed by atoms with van der Waals surface area (Å²) >= 11 is 0. The van der Waals surface area contributed by atoms with E-state index in [9.17, 15) is 0 Å². The summed E-state index contributed by atoms with van der Waals surface area (Å²) in [6.45, 7) is 0. The first-order chi connectivity index (χ1) is 5.40. The van der Waals surface area contributed by atoms with Gasteiger partial charge in [-0.1, -0.05) is 0 Å². The number of nitriles is 1. The Morgan fingerprint density at radius 3 is 3.27 bits per heavy atom. The van der Waals surface area contributed by atoms with Crippen molar-refractivity contribution in [3.05, 3.63) is 24.0 Å². The van der Waals surface area contributed by atoms with E-state index in [2.05, 4.69) is 16.4 Å². The molecule has 0 radical (unpaired) electrons. The fraction of sp³-hybridized carbons (Fsp3) is 0.250. The van der Waals surface area contributed by atoms with Crippen LogP contribution in [-0.4, -0.2) is 12.3 Å². The molecule has 2 aliphatic rings. The molecule has 3 heteroatoms. The molecule has 2 unspecified atom stereocenters. The molecule has 0 aliphatic carbocycles. The average molecular weight is 145 g/mol. The van der Waals surface area contributed by atoms with E-state index in [0.717, 1.165) is 0 Å². The second kappa shape index (κ2) is 2.24. The summed E-state index contributed by atoms with van der Waals surface area (Å²) in [4.78, 5) is 3.99. The molecule has 0 fully saturated rings. The van der Waals surface area contributed by atoms with Crippen molar-refractivity contribution in [3.63, 3.8) is 0 Å². The van der Waals surface area contributed by atoms with Crippen molar-refractivity contribution >= 4 is 6.21 Å². The van der Waals surface area contributed by atoms with E-state index >= 15 is 0 Å². The van der Waals surface area contributed by atoms with E-state index in [1.807, 2.05) is 18.4 Å². The zero-order valence-corrected chi connectivity index (χ0v) is 5.86. The van der Waals surface area contributed by atoms with Crippen LogP contribution in [0.3, 0.4) is 0 Å². The molecule has 2 atom stereocenters. The third-order valence-corrected chi connectivity index (χ3v) is 1.85. The van der Waals surface area contributed by atoms with Crippen molar-refractivity contribution in [2.24, 2.45) is 10.9 Å². The lowest BCUT2D eigenvalue weighted by atomic mass is 10.0. The molecule has 0 aromatic carbocycles. The van der Waals surface area contributed by atoms with Crippen LogP contribution in [0.25, 0.3) is 0 Å². The molecule has 11 heavy (non-hydrogen) atoms. The molecule has 3 nitrogen and oxygen atoms in total. The maximum Gasteiger partial charge on any atom is 0.117 e. The molecule has 2 aliphatic heterocycles. The van der Waals surface area contributed by atoms with Gasteiger partial charge in [-0.3, -0.25) is 4.99 Å². The zero-order valence-electron chi connectivity index (χ0n) is 5.86. The van der Waals surface area contributed by atoms with Gasteiger partial charge in [0.1, 0.15) is 11.8 Å². The topological polar surface area (TPSA) is 48.2 Å². The molecule has 0 saturated heterocycles. The van der Waals surface area contributed by atoms with Crippen LogP contribution in [0.5, 0.6) is 0 Å². The minimum atomic E-state index is 0.252. The van der Waals surface area contributed by atoms with Crippen molar-refractivity contribution in [2.75, 3.05) is 0 Å². The van der Waals surface area contributed by atoms with E-state index in [1.165, 1.54) is 0 Å². The van der Waals surface area contributed by atoms with Crippen LogP contribution in [0.15, 0.2) is 29.0 Å². The predicted octanol–water partition coefficient (Wildman–Crippen LogP) is 0.580. The molecular weight excluding hydrogens is 138 g/mol. The Morgan fingerprint density at radius 2 is 2.55 bits per heavy atom. The van der Waals surface area contributed by atoms with Gasteiger partial charge in [-0.05, 0) is 12.2 Å². The van der Waals surface area contributed by atoms with Crippen LogP contribution in [0, 0.1) is 17.2 Å². The van der Waals surface area contributed by atoms with Gasteiger partial charge in [0.2, 0.25) is 0 Å². The molecule has 2 rings (SSSR count). The smallest absolute Gasteiger partial charge is 0.117 e. The maximum atomic E-state index is 8.56. The number of hydrogen-bond donors (Lipinski definition) is 1. The van der Waals surface area contributed by atoms with Gasteiger partial charge in [-0.2, -0.15) is 5.26 Å². The number of hydrogen-bond acceptors (Lipinski definition) is 3. The van der Waals surface area contributed by atoms with Gasteiger partial charge < -0.3 is 5.32 Å².